The van der Waals surface area contributed by atoms with Crippen LogP contribution >= 0.6 is 11.3 Å². The molecule has 58 heavy (non-hydrogen) atoms. The van der Waals surface area contributed by atoms with Crippen molar-refractivity contribution < 1.29 is 17.9 Å². The van der Waals surface area contributed by atoms with Gasteiger partial charge in [-0.1, -0.05) is 67.6 Å². The van der Waals surface area contributed by atoms with Gasteiger partial charge in [-0.2, -0.15) is 0 Å². The highest BCUT2D eigenvalue weighted by Crippen LogP contribution is 2.39. The summed E-state index contributed by atoms with van der Waals surface area (Å²) in [5.74, 6) is 1.61. The predicted octanol–water partition coefficient (Wildman–Crippen LogP) is 12.9. The highest BCUT2D eigenvalue weighted by atomic mass is 32.2. The van der Waals surface area contributed by atoms with Crippen molar-refractivity contribution in [1.29, 1.82) is 0 Å². The van der Waals surface area contributed by atoms with E-state index in [1.165, 1.54) is 37.9 Å². The minimum absolute atomic E-state index is 0.289. The van der Waals surface area contributed by atoms with Crippen LogP contribution in [0, 0.1) is 6.92 Å². The molecule has 0 saturated heterocycles. The van der Waals surface area contributed by atoms with Gasteiger partial charge in [0.2, 0.25) is 9.84 Å². The SMILES string of the molecule is CCc1ccc(-c2ccc(S(=O)(=O)c3ccc(-c4ccc5cc6c(cc5c4)Cc4ccc(Nc5ccc(OC)cc5-c5cc(OC)ccc5C)cc4C6)cc3)cc2)s1. The molecule has 5 nitrogen and oxygen atoms in total. The van der Waals surface area contributed by atoms with Crippen LogP contribution in [0.25, 0.3) is 43.5 Å². The summed E-state index contributed by atoms with van der Waals surface area (Å²) in [6.07, 6.45) is 2.71. The lowest BCUT2D eigenvalue weighted by Gasteiger charge is -2.22. The average molecular weight is 798 g/mol. The van der Waals surface area contributed by atoms with Crippen molar-refractivity contribution in [1.82, 2.24) is 0 Å². The normalized spacial score (nSPS) is 12.2. The van der Waals surface area contributed by atoms with Gasteiger partial charge in [-0.3, -0.25) is 0 Å². The number of ether oxygens (including phenoxy) is 2. The van der Waals surface area contributed by atoms with E-state index >= 15 is 0 Å². The van der Waals surface area contributed by atoms with E-state index < -0.39 is 9.84 Å². The van der Waals surface area contributed by atoms with E-state index in [2.05, 4.69) is 104 Å². The maximum Gasteiger partial charge on any atom is 0.206 e. The van der Waals surface area contributed by atoms with Crippen LogP contribution in [0.4, 0.5) is 11.4 Å². The smallest absolute Gasteiger partial charge is 0.206 e. The lowest BCUT2D eigenvalue weighted by atomic mass is 9.84. The van der Waals surface area contributed by atoms with Gasteiger partial charge >= 0.3 is 0 Å². The highest BCUT2D eigenvalue weighted by molar-refractivity contribution is 7.91. The van der Waals surface area contributed by atoms with Crippen molar-refractivity contribution >= 4 is 43.3 Å². The fourth-order valence-electron chi connectivity index (χ4n) is 7.99. The van der Waals surface area contributed by atoms with Gasteiger partial charge in [-0.05, 0) is 172 Å². The Hall–Kier alpha value is -6.15. The van der Waals surface area contributed by atoms with Crippen LogP contribution in [0.2, 0.25) is 0 Å². The standard InChI is InChI=1S/C51H43NO4S2/c1-5-45-17-23-51(57-45)34-12-20-47(21-13-34)58(53,54)46-18-10-33(11-19-46)35-7-8-36-25-40-28-41-29-42(14-9-37(41)26-39(40)27-38(36)24-35)52-50-22-16-44(56-4)31-49(50)48-30-43(55-3)15-6-32(48)2/h6-25,27,29-31,52H,5,26,28H2,1-4H3. The Bertz CT molecular complexity index is 2950. The van der Waals surface area contributed by atoms with Crippen molar-refractivity contribution in [3.05, 3.63) is 178 Å². The molecule has 1 aromatic heterocycles. The molecule has 0 radical (unpaired) electrons. The number of hydrogen-bond donors (Lipinski definition) is 1. The van der Waals surface area contributed by atoms with Crippen LogP contribution in [-0.2, 0) is 29.1 Å². The largest absolute Gasteiger partial charge is 0.497 e. The van der Waals surface area contributed by atoms with E-state index in [1.54, 1.807) is 49.8 Å². The Labute approximate surface area is 344 Å². The first kappa shape index (κ1) is 37.4. The first-order valence-corrected chi connectivity index (χ1v) is 21.8. The van der Waals surface area contributed by atoms with Crippen molar-refractivity contribution in [2.45, 2.75) is 42.9 Å². The third-order valence-corrected chi connectivity index (χ3v) is 14.4. The number of sulfone groups is 1. The second-order valence-electron chi connectivity index (χ2n) is 14.9. The summed E-state index contributed by atoms with van der Waals surface area (Å²) in [6.45, 7) is 4.25. The zero-order chi connectivity index (χ0) is 40.0. The van der Waals surface area contributed by atoms with Crippen LogP contribution in [0.1, 0.15) is 39.6 Å². The topological polar surface area (TPSA) is 64.6 Å². The zero-order valence-electron chi connectivity index (χ0n) is 32.9. The van der Waals surface area contributed by atoms with Gasteiger partial charge in [0.1, 0.15) is 11.5 Å². The Morgan fingerprint density at radius 3 is 1.88 bits per heavy atom. The van der Waals surface area contributed by atoms with Crippen LogP contribution < -0.4 is 14.8 Å². The minimum atomic E-state index is -3.65. The van der Waals surface area contributed by atoms with E-state index in [4.69, 9.17) is 9.47 Å². The van der Waals surface area contributed by atoms with Gasteiger partial charge in [0.25, 0.3) is 0 Å². The van der Waals surface area contributed by atoms with Crippen molar-refractivity contribution in [2.24, 2.45) is 0 Å². The van der Waals surface area contributed by atoms with E-state index in [0.29, 0.717) is 4.90 Å². The van der Waals surface area contributed by atoms with Crippen LogP contribution in [0.15, 0.2) is 155 Å². The summed E-state index contributed by atoms with van der Waals surface area (Å²) in [5, 5.41) is 6.07. The first-order chi connectivity index (χ1) is 28.2. The van der Waals surface area contributed by atoms with E-state index in [9.17, 15) is 8.42 Å². The van der Waals surface area contributed by atoms with Crippen molar-refractivity contribution in [3.8, 4) is 44.2 Å². The second-order valence-corrected chi connectivity index (χ2v) is 18.0. The molecule has 7 aromatic carbocycles. The van der Waals surface area contributed by atoms with Crippen molar-refractivity contribution in [3.63, 3.8) is 0 Å². The molecule has 0 bridgehead atoms. The molecule has 1 aliphatic carbocycles. The summed E-state index contributed by atoms with van der Waals surface area (Å²) in [7, 11) is -0.270. The van der Waals surface area contributed by atoms with Crippen LogP contribution in [-0.4, -0.2) is 22.6 Å². The monoisotopic (exact) mass is 797 g/mol. The Morgan fingerprint density at radius 1 is 0.569 bits per heavy atom. The van der Waals surface area contributed by atoms with E-state index in [-0.39, 0.29) is 4.90 Å². The second kappa shape index (κ2) is 15.3. The van der Waals surface area contributed by atoms with Gasteiger partial charge < -0.3 is 14.8 Å². The lowest BCUT2D eigenvalue weighted by molar-refractivity contribution is 0.414. The molecule has 0 amide bonds. The Morgan fingerprint density at radius 2 is 1.19 bits per heavy atom. The average Bonchev–Trinajstić information content (AvgIpc) is 3.75. The lowest BCUT2D eigenvalue weighted by Crippen LogP contribution is -2.08. The molecule has 0 fully saturated rings. The highest BCUT2D eigenvalue weighted by Gasteiger charge is 2.20. The molecule has 0 saturated carbocycles. The fourth-order valence-corrected chi connectivity index (χ4v) is 10.2. The first-order valence-electron chi connectivity index (χ1n) is 19.5. The summed E-state index contributed by atoms with van der Waals surface area (Å²) in [5.41, 5.74) is 13.7. The number of hydrogen-bond acceptors (Lipinski definition) is 6. The molecule has 9 rings (SSSR count). The number of benzene rings is 7. The van der Waals surface area contributed by atoms with E-state index in [0.717, 1.165) is 80.4 Å². The number of aryl methyl sites for hydroxylation is 2. The minimum Gasteiger partial charge on any atom is -0.497 e. The molecule has 8 aromatic rings. The van der Waals surface area contributed by atoms with Crippen LogP contribution in [0.3, 0.4) is 0 Å². The molecular formula is C51H43NO4S2. The summed E-state index contributed by atoms with van der Waals surface area (Å²) >= 11 is 1.74. The Kier molecular flexibility index (Phi) is 9.88. The molecule has 1 heterocycles. The van der Waals surface area contributed by atoms with Gasteiger partial charge in [0.15, 0.2) is 0 Å². The third kappa shape index (κ3) is 7.17. The molecule has 1 N–H and O–H groups in total. The Balaban J connectivity index is 0.933. The van der Waals surface area contributed by atoms with Gasteiger partial charge in [0.05, 0.1) is 24.0 Å². The third-order valence-electron chi connectivity index (χ3n) is 11.3. The number of nitrogens with one attached hydrogen (secondary N) is 1. The summed E-state index contributed by atoms with van der Waals surface area (Å²) < 4.78 is 38.4. The molecule has 0 atom stereocenters. The molecule has 0 spiro atoms. The molecule has 0 aliphatic heterocycles. The molecule has 1 aliphatic rings. The summed E-state index contributed by atoms with van der Waals surface area (Å²) in [6, 6.07) is 48.9. The van der Waals surface area contributed by atoms with E-state index in [1.807, 2.05) is 36.4 Å². The molecule has 0 unspecified atom stereocenters. The van der Waals surface area contributed by atoms with Gasteiger partial charge in [-0.25, -0.2) is 8.42 Å². The number of fused-ring (bicyclic) bond motifs is 3. The quantitative estimate of drug-likeness (QED) is 0.149. The number of anilines is 2. The number of thiophene rings is 1. The molecule has 288 valence electrons. The fraction of sp³-hybridized carbons (Fsp3) is 0.137. The zero-order valence-corrected chi connectivity index (χ0v) is 34.6. The van der Waals surface area contributed by atoms with Gasteiger partial charge in [-0.15, -0.1) is 11.3 Å². The maximum absolute atomic E-state index is 13.6. The summed E-state index contributed by atoms with van der Waals surface area (Å²) in [4.78, 5) is 3.05. The van der Waals surface area contributed by atoms with Gasteiger partial charge in [0, 0.05) is 26.7 Å². The van der Waals surface area contributed by atoms with Crippen LogP contribution in [0.5, 0.6) is 11.5 Å². The molecular weight excluding hydrogens is 755 g/mol. The van der Waals surface area contributed by atoms with Crippen molar-refractivity contribution in [2.75, 3.05) is 19.5 Å². The number of rotatable bonds is 10. The predicted molar refractivity (Wildman–Crippen MR) is 239 cm³/mol. The molecule has 7 heteroatoms. The maximum atomic E-state index is 13.6. The number of methoxy groups -OCH3 is 2.